The molecule has 0 saturated carbocycles. The largest absolute Gasteiger partial charge is 0.491 e. The Balaban J connectivity index is 1.98. The van der Waals surface area contributed by atoms with E-state index < -0.39 is 0 Å². The Morgan fingerprint density at radius 3 is 2.90 bits per heavy atom. The second kappa shape index (κ2) is 7.12. The van der Waals surface area contributed by atoms with Gasteiger partial charge in [0.2, 0.25) is 0 Å². The van der Waals surface area contributed by atoms with Crippen LogP contribution in [-0.4, -0.2) is 31.2 Å². The van der Waals surface area contributed by atoms with Gasteiger partial charge in [-0.05, 0) is 34.1 Å². The molecule has 106 valence electrons. The Morgan fingerprint density at radius 1 is 1.35 bits per heavy atom. The minimum absolute atomic E-state index is 0.204. The number of hydrogen-bond donors (Lipinski definition) is 2. The monoisotopic (exact) mass is 338 g/mol. The molecule has 0 radical (unpaired) electrons. The zero-order valence-electron chi connectivity index (χ0n) is 11.0. The van der Waals surface area contributed by atoms with Crippen LogP contribution in [0.5, 0.6) is 5.75 Å². The fraction of sp³-hybridized carbons (Fsp3) is 0.214. The summed E-state index contributed by atoms with van der Waals surface area (Å²) in [7, 11) is 1.62. The van der Waals surface area contributed by atoms with Crippen LogP contribution in [0.3, 0.4) is 0 Å². The van der Waals surface area contributed by atoms with Crippen molar-refractivity contribution in [2.75, 3.05) is 25.6 Å². The van der Waals surface area contributed by atoms with E-state index in [1.807, 2.05) is 12.1 Å². The molecular weight excluding hydrogens is 324 g/mol. The van der Waals surface area contributed by atoms with E-state index in [2.05, 4.69) is 26.2 Å². The van der Waals surface area contributed by atoms with Crippen molar-refractivity contribution in [2.45, 2.75) is 0 Å². The summed E-state index contributed by atoms with van der Waals surface area (Å²) in [5.74, 6) is 0.484. The van der Waals surface area contributed by atoms with Gasteiger partial charge in [0.25, 0.3) is 5.91 Å². The normalized spacial score (nSPS) is 10.3. The Kier molecular flexibility index (Phi) is 5.20. The number of carbonyl (C=O) groups excluding carboxylic acids is 1. The highest BCUT2D eigenvalue weighted by atomic mass is 79.9. The lowest BCUT2D eigenvalue weighted by Gasteiger charge is -2.08. The maximum atomic E-state index is 12.0. The summed E-state index contributed by atoms with van der Waals surface area (Å²) in [6.07, 6.45) is 1.71. The molecule has 0 aliphatic heterocycles. The Morgan fingerprint density at radius 2 is 2.20 bits per heavy atom. The number of methoxy groups -OCH3 is 1. The van der Waals surface area contributed by atoms with Crippen LogP contribution in [0, 0.1) is 0 Å². The van der Waals surface area contributed by atoms with Crippen LogP contribution in [0.1, 0.15) is 10.5 Å². The fourth-order valence-corrected chi connectivity index (χ4v) is 1.95. The summed E-state index contributed by atoms with van der Waals surface area (Å²) in [5.41, 5.74) is 1.17. The number of nitrogens with one attached hydrogen (secondary N) is 2. The van der Waals surface area contributed by atoms with Crippen LogP contribution in [0.2, 0.25) is 0 Å². The number of carbonyl (C=O) groups is 1. The highest BCUT2D eigenvalue weighted by molar-refractivity contribution is 9.10. The molecule has 1 heterocycles. The highest BCUT2D eigenvalue weighted by Gasteiger charge is 2.08. The second-order valence-corrected chi connectivity index (χ2v) is 4.97. The molecule has 1 aromatic carbocycles. The molecule has 0 spiro atoms. The molecule has 0 fully saturated rings. The zero-order chi connectivity index (χ0) is 14.4. The first-order valence-corrected chi connectivity index (χ1v) is 6.85. The standard InChI is InChI=1S/C14H15BrN2O3/c1-19-5-6-20-12-4-2-3-11(8-12)17-14(18)13-7-10(15)9-16-13/h2-4,7-9,16H,5-6H2,1H3,(H,17,18). The lowest BCUT2D eigenvalue weighted by Crippen LogP contribution is -2.12. The van der Waals surface area contributed by atoms with Crippen molar-refractivity contribution in [1.29, 1.82) is 0 Å². The molecule has 2 aromatic rings. The number of halogens is 1. The minimum Gasteiger partial charge on any atom is -0.491 e. The van der Waals surface area contributed by atoms with Gasteiger partial charge in [0.05, 0.1) is 6.61 Å². The average Bonchev–Trinajstić information content (AvgIpc) is 2.86. The summed E-state index contributed by atoms with van der Waals surface area (Å²) in [4.78, 5) is 14.9. The molecule has 0 aliphatic rings. The third kappa shape index (κ3) is 4.11. The Hall–Kier alpha value is -1.79. The van der Waals surface area contributed by atoms with Gasteiger partial charge < -0.3 is 19.8 Å². The third-order valence-electron chi connectivity index (χ3n) is 2.54. The molecule has 0 aliphatic carbocycles. The number of ether oxygens (including phenoxy) is 2. The first-order valence-electron chi connectivity index (χ1n) is 6.06. The maximum Gasteiger partial charge on any atom is 0.272 e. The topological polar surface area (TPSA) is 63.4 Å². The van der Waals surface area contributed by atoms with Crippen molar-refractivity contribution < 1.29 is 14.3 Å². The van der Waals surface area contributed by atoms with E-state index >= 15 is 0 Å². The van der Waals surface area contributed by atoms with Gasteiger partial charge in [0, 0.05) is 29.5 Å². The zero-order valence-corrected chi connectivity index (χ0v) is 12.6. The van der Waals surface area contributed by atoms with E-state index in [-0.39, 0.29) is 5.91 Å². The lowest BCUT2D eigenvalue weighted by molar-refractivity contribution is 0.102. The van der Waals surface area contributed by atoms with Crippen LogP contribution >= 0.6 is 15.9 Å². The molecule has 6 heteroatoms. The number of aromatic nitrogens is 1. The van der Waals surface area contributed by atoms with Crippen molar-refractivity contribution in [1.82, 2.24) is 4.98 Å². The van der Waals surface area contributed by atoms with Crippen LogP contribution in [0.4, 0.5) is 5.69 Å². The van der Waals surface area contributed by atoms with Crippen molar-refractivity contribution in [2.24, 2.45) is 0 Å². The predicted octanol–water partition coefficient (Wildman–Crippen LogP) is 3.05. The van der Waals surface area contributed by atoms with Crippen LogP contribution in [-0.2, 0) is 4.74 Å². The number of hydrogen-bond acceptors (Lipinski definition) is 3. The average molecular weight is 339 g/mol. The summed E-state index contributed by atoms with van der Waals surface area (Å²) in [6, 6.07) is 8.94. The third-order valence-corrected chi connectivity index (χ3v) is 3.00. The highest BCUT2D eigenvalue weighted by Crippen LogP contribution is 2.18. The molecule has 0 bridgehead atoms. The number of aromatic amines is 1. The molecule has 20 heavy (non-hydrogen) atoms. The Labute approximate surface area is 125 Å². The number of rotatable bonds is 6. The van der Waals surface area contributed by atoms with E-state index in [4.69, 9.17) is 9.47 Å². The van der Waals surface area contributed by atoms with Gasteiger partial charge in [-0.25, -0.2) is 0 Å². The van der Waals surface area contributed by atoms with Gasteiger partial charge in [-0.3, -0.25) is 4.79 Å². The molecule has 1 amide bonds. The van der Waals surface area contributed by atoms with E-state index in [1.165, 1.54) is 0 Å². The summed E-state index contributed by atoms with van der Waals surface area (Å²) in [6.45, 7) is 0.991. The SMILES string of the molecule is COCCOc1cccc(NC(=O)c2cc(Br)c[nH]2)c1. The van der Waals surface area contributed by atoms with Gasteiger partial charge in [-0.1, -0.05) is 6.07 Å². The molecule has 1 aromatic heterocycles. The molecule has 2 rings (SSSR count). The molecule has 0 unspecified atom stereocenters. The molecule has 0 atom stereocenters. The molecule has 5 nitrogen and oxygen atoms in total. The van der Waals surface area contributed by atoms with E-state index in [9.17, 15) is 4.79 Å². The van der Waals surface area contributed by atoms with Crippen molar-refractivity contribution in [3.63, 3.8) is 0 Å². The van der Waals surface area contributed by atoms with Crippen molar-refractivity contribution in [3.05, 3.63) is 46.7 Å². The Bertz CT molecular complexity index is 583. The second-order valence-electron chi connectivity index (χ2n) is 4.05. The van der Waals surface area contributed by atoms with E-state index in [0.29, 0.717) is 30.3 Å². The smallest absolute Gasteiger partial charge is 0.272 e. The van der Waals surface area contributed by atoms with Crippen LogP contribution in [0.25, 0.3) is 0 Å². The predicted molar refractivity (Wildman–Crippen MR) is 80.3 cm³/mol. The summed E-state index contributed by atoms with van der Waals surface area (Å²) in [5, 5.41) is 2.80. The fourth-order valence-electron chi connectivity index (χ4n) is 1.60. The molecule has 2 N–H and O–H groups in total. The van der Waals surface area contributed by atoms with Crippen LogP contribution in [0.15, 0.2) is 41.0 Å². The van der Waals surface area contributed by atoms with E-state index in [0.717, 1.165) is 4.47 Å². The van der Waals surface area contributed by atoms with Crippen LogP contribution < -0.4 is 10.1 Å². The van der Waals surface area contributed by atoms with Gasteiger partial charge >= 0.3 is 0 Å². The summed E-state index contributed by atoms with van der Waals surface area (Å²) < 4.78 is 11.2. The quantitative estimate of drug-likeness (QED) is 0.795. The minimum atomic E-state index is -0.204. The maximum absolute atomic E-state index is 12.0. The lowest BCUT2D eigenvalue weighted by atomic mass is 10.3. The van der Waals surface area contributed by atoms with Crippen molar-refractivity contribution in [3.8, 4) is 5.75 Å². The summed E-state index contributed by atoms with van der Waals surface area (Å²) >= 11 is 3.29. The number of H-pyrrole nitrogens is 1. The first-order chi connectivity index (χ1) is 9.69. The molecular formula is C14H15BrN2O3. The van der Waals surface area contributed by atoms with Gasteiger partial charge in [-0.15, -0.1) is 0 Å². The van der Waals surface area contributed by atoms with E-state index in [1.54, 1.807) is 31.5 Å². The number of anilines is 1. The van der Waals surface area contributed by atoms with Crippen molar-refractivity contribution >= 4 is 27.5 Å². The van der Waals surface area contributed by atoms with Gasteiger partial charge in [0.1, 0.15) is 18.1 Å². The van der Waals surface area contributed by atoms with Gasteiger partial charge in [0.15, 0.2) is 0 Å². The number of benzene rings is 1. The molecule has 0 saturated heterocycles. The first kappa shape index (κ1) is 14.6. The van der Waals surface area contributed by atoms with Gasteiger partial charge in [-0.2, -0.15) is 0 Å². The number of amides is 1.